The van der Waals surface area contributed by atoms with Gasteiger partial charge in [-0.15, -0.1) is 0 Å². The average molecular weight is 375 g/mol. The van der Waals surface area contributed by atoms with Crippen LogP contribution in [0.5, 0.6) is 0 Å². The van der Waals surface area contributed by atoms with Crippen molar-refractivity contribution in [3.05, 3.63) is 72.6 Å². The summed E-state index contributed by atoms with van der Waals surface area (Å²) in [5.41, 5.74) is 3.12. The maximum atomic E-state index is 5.61. The van der Waals surface area contributed by atoms with Gasteiger partial charge in [-0.2, -0.15) is 0 Å². The van der Waals surface area contributed by atoms with Crippen molar-refractivity contribution in [2.45, 2.75) is 6.54 Å². The Morgan fingerprint density at radius 2 is 1.68 bits per heavy atom. The molecule has 1 saturated heterocycles. The summed E-state index contributed by atoms with van der Waals surface area (Å²) >= 11 is 0. The highest BCUT2D eigenvalue weighted by atomic mass is 16.3. The second-order valence-electron chi connectivity index (χ2n) is 6.72. The lowest BCUT2D eigenvalue weighted by atomic mass is 10.2. The molecule has 1 aliphatic rings. The fourth-order valence-electron chi connectivity index (χ4n) is 3.42. The van der Waals surface area contributed by atoms with E-state index in [-0.39, 0.29) is 0 Å². The lowest BCUT2D eigenvalue weighted by Gasteiger charge is -2.37. The predicted molar refractivity (Wildman–Crippen MR) is 112 cm³/mol. The largest absolute Gasteiger partial charge is 0.444 e. The summed E-state index contributed by atoms with van der Waals surface area (Å²) in [6.07, 6.45) is 1.70. The second kappa shape index (κ2) is 8.61. The van der Waals surface area contributed by atoms with Gasteiger partial charge in [0.25, 0.3) is 0 Å². The summed E-state index contributed by atoms with van der Waals surface area (Å²) < 4.78 is 5.61. The molecule has 6 heteroatoms. The zero-order chi connectivity index (χ0) is 19.2. The highest BCUT2D eigenvalue weighted by Gasteiger charge is 2.20. The van der Waals surface area contributed by atoms with Crippen LogP contribution in [-0.4, -0.2) is 49.1 Å². The molecule has 0 amide bonds. The monoisotopic (exact) mass is 375 g/mol. The summed E-state index contributed by atoms with van der Waals surface area (Å²) in [5, 5.41) is 3.41. The molecule has 6 nitrogen and oxygen atoms in total. The third-order valence-corrected chi connectivity index (χ3v) is 4.91. The Balaban J connectivity index is 1.32. The number of benzene rings is 2. The summed E-state index contributed by atoms with van der Waals surface area (Å²) in [7, 11) is 1.82. The average Bonchev–Trinajstić information content (AvgIpc) is 3.25. The molecule has 1 fully saturated rings. The number of hydrogen-bond donors (Lipinski definition) is 1. The van der Waals surface area contributed by atoms with Crippen LogP contribution >= 0.6 is 0 Å². The van der Waals surface area contributed by atoms with E-state index in [1.54, 1.807) is 6.26 Å². The van der Waals surface area contributed by atoms with Crippen LogP contribution < -0.4 is 10.2 Å². The van der Waals surface area contributed by atoms with Crippen LogP contribution in [0, 0.1) is 0 Å². The van der Waals surface area contributed by atoms with E-state index in [2.05, 4.69) is 55.4 Å². The van der Waals surface area contributed by atoms with Gasteiger partial charge in [-0.25, -0.2) is 4.98 Å². The fraction of sp³-hybridized carbons (Fsp3) is 0.273. The van der Waals surface area contributed by atoms with Crippen molar-refractivity contribution in [3.63, 3.8) is 0 Å². The molecule has 2 aromatic carbocycles. The normalized spacial score (nSPS) is 15.0. The summed E-state index contributed by atoms with van der Waals surface area (Å²) in [4.78, 5) is 13.7. The number of para-hydroxylation sites is 1. The number of hydrogen-bond acceptors (Lipinski definition) is 4. The molecular weight excluding hydrogens is 350 g/mol. The van der Waals surface area contributed by atoms with Crippen LogP contribution in [0.4, 0.5) is 5.69 Å². The zero-order valence-electron chi connectivity index (χ0n) is 16.1. The first kappa shape index (κ1) is 18.1. The van der Waals surface area contributed by atoms with Crippen molar-refractivity contribution in [1.82, 2.24) is 15.2 Å². The molecule has 2 heterocycles. The molecule has 0 saturated carbocycles. The van der Waals surface area contributed by atoms with E-state index in [9.17, 15) is 0 Å². The number of aromatic nitrogens is 1. The first-order chi connectivity index (χ1) is 13.8. The van der Waals surface area contributed by atoms with Gasteiger partial charge < -0.3 is 19.5 Å². The molecule has 1 aromatic heterocycles. The quantitative estimate of drug-likeness (QED) is 0.560. The van der Waals surface area contributed by atoms with E-state index in [1.807, 2.05) is 37.4 Å². The number of piperazine rings is 1. The molecule has 0 unspecified atom stereocenters. The van der Waals surface area contributed by atoms with E-state index in [0.29, 0.717) is 12.4 Å². The Morgan fingerprint density at radius 1 is 1.00 bits per heavy atom. The van der Waals surface area contributed by atoms with Gasteiger partial charge in [-0.05, 0) is 24.3 Å². The predicted octanol–water partition coefficient (Wildman–Crippen LogP) is 3.24. The SMILES string of the molecule is CN=C(NCc1coc(-c2ccccc2)n1)N1CCN(c2ccccc2)CC1. The van der Waals surface area contributed by atoms with E-state index in [0.717, 1.165) is 43.4 Å². The maximum absolute atomic E-state index is 5.61. The Morgan fingerprint density at radius 3 is 2.36 bits per heavy atom. The number of aliphatic imine (C=N–C) groups is 1. The molecule has 0 radical (unpaired) electrons. The number of anilines is 1. The maximum Gasteiger partial charge on any atom is 0.226 e. The van der Waals surface area contributed by atoms with Gasteiger partial charge in [-0.3, -0.25) is 4.99 Å². The number of guanidine groups is 1. The van der Waals surface area contributed by atoms with Crippen LogP contribution in [0.3, 0.4) is 0 Å². The minimum Gasteiger partial charge on any atom is -0.444 e. The topological polar surface area (TPSA) is 56.9 Å². The summed E-state index contributed by atoms with van der Waals surface area (Å²) in [5.74, 6) is 1.54. The van der Waals surface area contributed by atoms with Crippen molar-refractivity contribution in [2.75, 3.05) is 38.1 Å². The van der Waals surface area contributed by atoms with E-state index < -0.39 is 0 Å². The lowest BCUT2D eigenvalue weighted by Crippen LogP contribution is -2.52. The molecule has 0 aliphatic carbocycles. The zero-order valence-corrected chi connectivity index (χ0v) is 16.1. The van der Waals surface area contributed by atoms with E-state index in [4.69, 9.17) is 4.42 Å². The molecule has 28 heavy (non-hydrogen) atoms. The minimum absolute atomic E-state index is 0.585. The van der Waals surface area contributed by atoms with Crippen molar-refractivity contribution in [3.8, 4) is 11.5 Å². The third-order valence-electron chi connectivity index (χ3n) is 4.91. The molecule has 3 aromatic rings. The van der Waals surface area contributed by atoms with Crippen LogP contribution in [-0.2, 0) is 6.54 Å². The third kappa shape index (κ3) is 4.17. The van der Waals surface area contributed by atoms with Gasteiger partial charge in [0.1, 0.15) is 6.26 Å². The second-order valence-corrected chi connectivity index (χ2v) is 6.72. The summed E-state index contributed by atoms with van der Waals surface area (Å²) in [6, 6.07) is 20.5. The molecule has 144 valence electrons. The minimum atomic E-state index is 0.585. The molecule has 4 rings (SSSR count). The van der Waals surface area contributed by atoms with Crippen molar-refractivity contribution < 1.29 is 4.42 Å². The van der Waals surface area contributed by atoms with Crippen molar-refractivity contribution in [1.29, 1.82) is 0 Å². The molecular formula is C22H25N5O. The highest BCUT2D eigenvalue weighted by Crippen LogP contribution is 2.18. The number of rotatable bonds is 4. The van der Waals surface area contributed by atoms with Gasteiger partial charge in [0.05, 0.1) is 12.2 Å². The van der Waals surface area contributed by atoms with E-state index in [1.165, 1.54) is 5.69 Å². The van der Waals surface area contributed by atoms with Crippen LogP contribution in [0.1, 0.15) is 5.69 Å². The van der Waals surface area contributed by atoms with Gasteiger partial charge >= 0.3 is 0 Å². The number of oxazole rings is 1. The lowest BCUT2D eigenvalue weighted by molar-refractivity contribution is 0.372. The highest BCUT2D eigenvalue weighted by molar-refractivity contribution is 5.80. The smallest absolute Gasteiger partial charge is 0.226 e. The number of nitrogens with zero attached hydrogens (tertiary/aromatic N) is 4. The Kier molecular flexibility index (Phi) is 5.56. The first-order valence-electron chi connectivity index (χ1n) is 9.59. The molecule has 0 bridgehead atoms. The number of nitrogens with one attached hydrogen (secondary N) is 1. The molecule has 0 spiro atoms. The standard InChI is InChI=1S/C22H25N5O/c1-23-22(27-14-12-26(13-15-27)20-10-6-3-7-11-20)24-16-19-17-28-21(25-19)18-8-4-2-5-9-18/h2-11,17H,12-16H2,1H3,(H,23,24). The molecule has 0 atom stereocenters. The summed E-state index contributed by atoms with van der Waals surface area (Å²) in [6.45, 7) is 4.41. The Labute approximate surface area is 165 Å². The van der Waals surface area contributed by atoms with Gasteiger partial charge in [0.2, 0.25) is 5.89 Å². The Bertz CT molecular complexity index is 899. The van der Waals surface area contributed by atoms with Gasteiger partial charge in [0, 0.05) is 44.5 Å². The Hall–Kier alpha value is -3.28. The van der Waals surface area contributed by atoms with Crippen molar-refractivity contribution in [2.24, 2.45) is 4.99 Å². The van der Waals surface area contributed by atoms with Crippen molar-refractivity contribution >= 4 is 11.6 Å². The van der Waals surface area contributed by atoms with E-state index >= 15 is 0 Å². The van der Waals surface area contributed by atoms with Crippen LogP contribution in [0.15, 0.2) is 76.3 Å². The fourth-order valence-corrected chi connectivity index (χ4v) is 3.42. The molecule has 1 aliphatic heterocycles. The van der Waals surface area contributed by atoms with Gasteiger partial charge in [-0.1, -0.05) is 36.4 Å². The van der Waals surface area contributed by atoms with Crippen LogP contribution in [0.2, 0.25) is 0 Å². The molecule has 1 N–H and O–H groups in total. The van der Waals surface area contributed by atoms with Gasteiger partial charge in [0.15, 0.2) is 5.96 Å². The first-order valence-corrected chi connectivity index (χ1v) is 9.59. The van der Waals surface area contributed by atoms with Crippen LogP contribution in [0.25, 0.3) is 11.5 Å².